The van der Waals surface area contributed by atoms with Gasteiger partial charge in [-0.1, -0.05) is 6.92 Å². The Morgan fingerprint density at radius 1 is 1.41 bits per heavy atom. The lowest BCUT2D eigenvalue weighted by molar-refractivity contribution is -0.141. The summed E-state index contributed by atoms with van der Waals surface area (Å²) in [4.78, 5) is 3.87. The molecule has 0 amide bonds. The minimum absolute atomic E-state index is 0.201. The molecule has 6 heteroatoms. The summed E-state index contributed by atoms with van der Waals surface area (Å²) in [7, 11) is 0. The zero-order valence-electron chi connectivity index (χ0n) is 9.72. The van der Waals surface area contributed by atoms with E-state index in [1.54, 1.807) is 6.20 Å². The fraction of sp³-hybridized carbons (Fsp3) is 0.727. The Balaban J connectivity index is 2.23. The van der Waals surface area contributed by atoms with E-state index in [2.05, 4.69) is 10.3 Å². The van der Waals surface area contributed by atoms with Crippen LogP contribution in [0.5, 0.6) is 0 Å². The van der Waals surface area contributed by atoms with Crippen LogP contribution in [0.25, 0.3) is 0 Å². The first-order valence-corrected chi connectivity index (χ1v) is 5.69. The topological polar surface area (TPSA) is 29.9 Å². The fourth-order valence-electron chi connectivity index (χ4n) is 2.38. The third-order valence-corrected chi connectivity index (χ3v) is 3.39. The van der Waals surface area contributed by atoms with Crippen molar-refractivity contribution in [3.05, 3.63) is 18.2 Å². The normalized spacial score (nSPS) is 20.5. The molecule has 0 saturated carbocycles. The van der Waals surface area contributed by atoms with Crippen LogP contribution in [0, 0.1) is 0 Å². The third kappa shape index (κ3) is 2.80. The summed E-state index contributed by atoms with van der Waals surface area (Å²) in [5, 5.41) is 3.22. The number of piperidine rings is 1. The molecule has 1 N–H and O–H groups in total. The van der Waals surface area contributed by atoms with Crippen molar-refractivity contribution in [1.29, 1.82) is 0 Å². The third-order valence-electron chi connectivity index (χ3n) is 3.39. The van der Waals surface area contributed by atoms with Crippen molar-refractivity contribution in [2.75, 3.05) is 13.1 Å². The highest BCUT2D eigenvalue weighted by Gasteiger charge is 2.35. The average molecular weight is 247 g/mol. The van der Waals surface area contributed by atoms with E-state index >= 15 is 0 Å². The van der Waals surface area contributed by atoms with E-state index in [1.807, 2.05) is 6.92 Å². The van der Waals surface area contributed by atoms with Gasteiger partial charge in [-0.15, -0.1) is 0 Å². The van der Waals surface area contributed by atoms with Gasteiger partial charge in [-0.25, -0.2) is 4.98 Å². The summed E-state index contributed by atoms with van der Waals surface area (Å²) in [5.41, 5.74) is 0.490. The number of alkyl halides is 3. The molecule has 1 aliphatic heterocycles. The molecule has 0 spiro atoms. The summed E-state index contributed by atoms with van der Waals surface area (Å²) >= 11 is 0. The van der Waals surface area contributed by atoms with Crippen molar-refractivity contribution < 1.29 is 13.2 Å². The number of nitrogens with one attached hydrogen (secondary N) is 1. The van der Waals surface area contributed by atoms with Gasteiger partial charge in [0.25, 0.3) is 0 Å². The average Bonchev–Trinajstić information content (AvgIpc) is 2.65. The molecule has 0 unspecified atom stereocenters. The van der Waals surface area contributed by atoms with Crippen LogP contribution >= 0.6 is 0 Å². The van der Waals surface area contributed by atoms with Gasteiger partial charge in [0.2, 0.25) is 0 Å². The number of hydrogen-bond acceptors (Lipinski definition) is 2. The smallest absolute Gasteiger partial charge is 0.325 e. The van der Waals surface area contributed by atoms with E-state index in [0.717, 1.165) is 25.9 Å². The van der Waals surface area contributed by atoms with E-state index < -0.39 is 12.7 Å². The molecule has 1 fully saturated rings. The van der Waals surface area contributed by atoms with Gasteiger partial charge in [0, 0.05) is 17.3 Å². The Morgan fingerprint density at radius 3 is 2.65 bits per heavy atom. The molecule has 1 saturated heterocycles. The molecular formula is C11H16F3N3. The molecule has 0 radical (unpaired) electrons. The highest BCUT2D eigenvalue weighted by atomic mass is 19.4. The van der Waals surface area contributed by atoms with Gasteiger partial charge in [-0.05, 0) is 25.9 Å². The van der Waals surface area contributed by atoms with E-state index in [1.165, 1.54) is 10.9 Å². The van der Waals surface area contributed by atoms with Gasteiger partial charge in [0.1, 0.15) is 6.54 Å². The molecule has 1 aliphatic rings. The molecule has 0 aromatic carbocycles. The Kier molecular flexibility index (Phi) is 3.16. The van der Waals surface area contributed by atoms with Gasteiger partial charge in [-0.2, -0.15) is 13.2 Å². The van der Waals surface area contributed by atoms with E-state index in [9.17, 15) is 13.2 Å². The van der Waals surface area contributed by atoms with Crippen LogP contribution in [0.3, 0.4) is 0 Å². The monoisotopic (exact) mass is 247 g/mol. The van der Waals surface area contributed by atoms with E-state index in [4.69, 9.17) is 0 Å². The number of halogens is 3. The van der Waals surface area contributed by atoms with Gasteiger partial charge >= 0.3 is 6.18 Å². The van der Waals surface area contributed by atoms with Crippen molar-refractivity contribution >= 4 is 0 Å². The van der Waals surface area contributed by atoms with Gasteiger partial charge in [0.05, 0.1) is 6.33 Å². The lowest BCUT2D eigenvalue weighted by Gasteiger charge is -2.34. The van der Waals surface area contributed by atoms with E-state index in [0.29, 0.717) is 5.69 Å². The van der Waals surface area contributed by atoms with Crippen molar-refractivity contribution in [1.82, 2.24) is 14.9 Å². The van der Waals surface area contributed by atoms with Crippen molar-refractivity contribution in [3.8, 4) is 0 Å². The Hall–Kier alpha value is -1.04. The zero-order valence-corrected chi connectivity index (χ0v) is 9.72. The number of imidazole rings is 1. The van der Waals surface area contributed by atoms with Crippen LogP contribution in [0.1, 0.15) is 25.5 Å². The molecule has 0 aliphatic carbocycles. The Bertz CT molecular complexity index is 378. The maximum absolute atomic E-state index is 12.4. The largest absolute Gasteiger partial charge is 0.406 e. The predicted octanol–water partition coefficient (Wildman–Crippen LogP) is 2.09. The number of aromatic nitrogens is 2. The van der Waals surface area contributed by atoms with Gasteiger partial charge in [0.15, 0.2) is 0 Å². The molecule has 0 bridgehead atoms. The SMILES string of the molecule is CC1(c2cncn2CC(F)(F)F)CCNCC1. The number of nitrogens with zero attached hydrogens (tertiary/aromatic N) is 2. The fourth-order valence-corrected chi connectivity index (χ4v) is 2.38. The van der Waals surface area contributed by atoms with Crippen molar-refractivity contribution in [3.63, 3.8) is 0 Å². The van der Waals surface area contributed by atoms with Crippen LogP contribution in [-0.4, -0.2) is 28.8 Å². The molecule has 2 rings (SSSR count). The number of hydrogen-bond donors (Lipinski definition) is 1. The molecule has 1 aromatic heterocycles. The standard InChI is InChI=1S/C11H16F3N3/c1-10(2-4-15-5-3-10)9-6-16-8-17(9)7-11(12,13)14/h6,8,15H,2-5,7H2,1H3. The molecule has 1 aromatic rings. The lowest BCUT2D eigenvalue weighted by atomic mass is 9.78. The van der Waals surface area contributed by atoms with Crippen molar-refractivity contribution in [2.45, 2.75) is 37.9 Å². The minimum atomic E-state index is -4.20. The molecular weight excluding hydrogens is 231 g/mol. The first-order chi connectivity index (χ1) is 7.91. The summed E-state index contributed by atoms with van der Waals surface area (Å²) in [6.07, 6.45) is 0.332. The molecule has 3 nitrogen and oxygen atoms in total. The van der Waals surface area contributed by atoms with Crippen LogP contribution in [0.4, 0.5) is 13.2 Å². The first-order valence-electron chi connectivity index (χ1n) is 5.69. The summed E-state index contributed by atoms with van der Waals surface area (Å²) in [6.45, 7) is 2.74. The van der Waals surface area contributed by atoms with Crippen LogP contribution in [0.15, 0.2) is 12.5 Å². The molecule has 0 atom stereocenters. The molecule has 96 valence electrons. The highest BCUT2D eigenvalue weighted by molar-refractivity contribution is 5.15. The summed E-state index contributed by atoms with van der Waals surface area (Å²) in [5.74, 6) is 0. The molecule has 17 heavy (non-hydrogen) atoms. The second-order valence-electron chi connectivity index (χ2n) is 4.83. The lowest BCUT2D eigenvalue weighted by Crippen LogP contribution is -2.39. The second kappa shape index (κ2) is 4.33. The van der Waals surface area contributed by atoms with Gasteiger partial charge < -0.3 is 9.88 Å². The van der Waals surface area contributed by atoms with Crippen molar-refractivity contribution in [2.24, 2.45) is 0 Å². The van der Waals surface area contributed by atoms with Crippen LogP contribution in [-0.2, 0) is 12.0 Å². The maximum atomic E-state index is 12.4. The van der Waals surface area contributed by atoms with Crippen LogP contribution < -0.4 is 5.32 Å². The van der Waals surface area contributed by atoms with E-state index in [-0.39, 0.29) is 5.41 Å². The number of rotatable bonds is 2. The summed E-state index contributed by atoms with van der Waals surface area (Å²) in [6, 6.07) is 0. The summed E-state index contributed by atoms with van der Waals surface area (Å²) < 4.78 is 38.5. The highest BCUT2D eigenvalue weighted by Crippen LogP contribution is 2.33. The minimum Gasteiger partial charge on any atom is -0.325 e. The second-order valence-corrected chi connectivity index (χ2v) is 4.83. The quantitative estimate of drug-likeness (QED) is 0.867. The first kappa shape index (κ1) is 12.4. The Labute approximate surface area is 98.0 Å². The molecule has 2 heterocycles. The zero-order chi connectivity index (χ0) is 12.5. The Morgan fingerprint density at radius 2 is 2.06 bits per heavy atom. The predicted molar refractivity (Wildman–Crippen MR) is 57.7 cm³/mol. The van der Waals surface area contributed by atoms with Crippen LogP contribution in [0.2, 0.25) is 0 Å². The van der Waals surface area contributed by atoms with Gasteiger partial charge in [-0.3, -0.25) is 0 Å². The maximum Gasteiger partial charge on any atom is 0.406 e.